The number of fused-ring (bicyclic) bond motifs is 1. The lowest BCUT2D eigenvalue weighted by Crippen LogP contribution is -2.21. The Kier molecular flexibility index (Phi) is 2.21. The minimum atomic E-state index is -0.169. The van der Waals surface area contributed by atoms with Crippen LogP contribution in [0.15, 0.2) is 18.2 Å². The van der Waals surface area contributed by atoms with E-state index in [0.717, 1.165) is 30.6 Å². The van der Waals surface area contributed by atoms with Crippen molar-refractivity contribution in [1.29, 1.82) is 0 Å². The molecule has 0 aromatic heterocycles. The van der Waals surface area contributed by atoms with Crippen LogP contribution in [-0.2, 0) is 6.42 Å². The topological polar surface area (TPSA) is 9.23 Å². The van der Waals surface area contributed by atoms with Crippen LogP contribution < -0.4 is 4.74 Å². The van der Waals surface area contributed by atoms with Gasteiger partial charge in [0.2, 0.25) is 0 Å². The van der Waals surface area contributed by atoms with Gasteiger partial charge < -0.3 is 4.74 Å². The molecule has 0 radical (unpaired) electrons. The second-order valence-electron chi connectivity index (χ2n) is 3.44. The standard InChI is InChI=1S/C11H13FO/c1-2-10-5-3-8-7-9(12)4-6-11(8)13-10/h4,6-7,10H,2-3,5H2,1H3/t10-/m1/s1. The maximum atomic E-state index is 12.8. The Morgan fingerprint density at radius 1 is 1.54 bits per heavy atom. The smallest absolute Gasteiger partial charge is 0.123 e. The first kappa shape index (κ1) is 8.54. The van der Waals surface area contributed by atoms with Crippen molar-refractivity contribution in [1.82, 2.24) is 0 Å². The molecule has 0 saturated carbocycles. The van der Waals surface area contributed by atoms with Crippen molar-refractivity contribution < 1.29 is 9.13 Å². The van der Waals surface area contributed by atoms with Gasteiger partial charge in [0.15, 0.2) is 0 Å². The van der Waals surface area contributed by atoms with Gasteiger partial charge in [-0.3, -0.25) is 0 Å². The molecule has 1 aromatic carbocycles. The minimum Gasteiger partial charge on any atom is -0.490 e. The predicted molar refractivity (Wildman–Crippen MR) is 49.4 cm³/mol. The van der Waals surface area contributed by atoms with E-state index in [-0.39, 0.29) is 5.82 Å². The molecule has 0 fully saturated rings. The molecule has 0 aliphatic carbocycles. The highest BCUT2D eigenvalue weighted by Gasteiger charge is 2.17. The second kappa shape index (κ2) is 3.36. The van der Waals surface area contributed by atoms with E-state index in [0.29, 0.717) is 6.10 Å². The molecule has 70 valence electrons. The summed E-state index contributed by atoms with van der Waals surface area (Å²) in [5.74, 6) is 0.691. The van der Waals surface area contributed by atoms with Crippen LogP contribution in [0, 0.1) is 5.82 Å². The number of hydrogen-bond acceptors (Lipinski definition) is 1. The maximum Gasteiger partial charge on any atom is 0.123 e. The molecule has 0 unspecified atom stereocenters. The van der Waals surface area contributed by atoms with E-state index >= 15 is 0 Å². The van der Waals surface area contributed by atoms with E-state index < -0.39 is 0 Å². The summed E-state index contributed by atoms with van der Waals surface area (Å²) in [6.45, 7) is 2.11. The van der Waals surface area contributed by atoms with Gasteiger partial charge in [-0.15, -0.1) is 0 Å². The van der Waals surface area contributed by atoms with Crippen molar-refractivity contribution in [3.8, 4) is 5.75 Å². The molecule has 1 atom stereocenters. The lowest BCUT2D eigenvalue weighted by molar-refractivity contribution is 0.169. The highest BCUT2D eigenvalue weighted by atomic mass is 19.1. The zero-order chi connectivity index (χ0) is 9.26. The van der Waals surface area contributed by atoms with Crippen molar-refractivity contribution >= 4 is 0 Å². The van der Waals surface area contributed by atoms with E-state index in [9.17, 15) is 4.39 Å². The lowest BCUT2D eigenvalue weighted by Gasteiger charge is -2.24. The van der Waals surface area contributed by atoms with E-state index in [4.69, 9.17) is 4.74 Å². The van der Waals surface area contributed by atoms with Crippen LogP contribution in [-0.4, -0.2) is 6.10 Å². The van der Waals surface area contributed by atoms with Crippen molar-refractivity contribution in [3.63, 3.8) is 0 Å². The van der Waals surface area contributed by atoms with Gasteiger partial charge in [0, 0.05) is 0 Å². The van der Waals surface area contributed by atoms with Crippen LogP contribution in [0.3, 0.4) is 0 Å². The van der Waals surface area contributed by atoms with Crippen LogP contribution in [0.4, 0.5) is 4.39 Å². The molecule has 1 heterocycles. The largest absolute Gasteiger partial charge is 0.490 e. The molecule has 0 saturated heterocycles. The normalized spacial score (nSPS) is 20.6. The van der Waals surface area contributed by atoms with Gasteiger partial charge >= 0.3 is 0 Å². The summed E-state index contributed by atoms with van der Waals surface area (Å²) in [5.41, 5.74) is 1.00. The Labute approximate surface area is 77.5 Å². The van der Waals surface area contributed by atoms with E-state index in [1.54, 1.807) is 12.1 Å². The van der Waals surface area contributed by atoms with Crippen molar-refractivity contribution in [2.75, 3.05) is 0 Å². The Hall–Kier alpha value is -1.05. The highest BCUT2D eigenvalue weighted by molar-refractivity contribution is 5.35. The van der Waals surface area contributed by atoms with Gasteiger partial charge in [-0.25, -0.2) is 4.39 Å². The Morgan fingerprint density at radius 2 is 2.38 bits per heavy atom. The summed E-state index contributed by atoms with van der Waals surface area (Å²) in [5, 5.41) is 0. The molecule has 0 amide bonds. The fourth-order valence-electron chi connectivity index (χ4n) is 1.70. The second-order valence-corrected chi connectivity index (χ2v) is 3.44. The Bertz CT molecular complexity index is 309. The number of aryl methyl sites for hydroxylation is 1. The first-order valence-corrected chi connectivity index (χ1v) is 4.74. The first-order valence-electron chi connectivity index (χ1n) is 4.74. The number of ether oxygens (including phenoxy) is 1. The van der Waals surface area contributed by atoms with Crippen molar-refractivity contribution in [2.24, 2.45) is 0 Å². The summed E-state index contributed by atoms with van der Waals surface area (Å²) in [6.07, 6.45) is 3.29. The van der Waals surface area contributed by atoms with Gasteiger partial charge in [0.1, 0.15) is 11.6 Å². The monoisotopic (exact) mass is 180 g/mol. The molecule has 1 nitrogen and oxygen atoms in total. The maximum absolute atomic E-state index is 12.8. The van der Waals surface area contributed by atoms with Gasteiger partial charge in [-0.05, 0) is 43.0 Å². The first-order chi connectivity index (χ1) is 6.29. The summed E-state index contributed by atoms with van der Waals surface area (Å²) >= 11 is 0. The summed E-state index contributed by atoms with van der Waals surface area (Å²) in [7, 11) is 0. The average molecular weight is 180 g/mol. The van der Waals surface area contributed by atoms with Crippen LogP contribution in [0.1, 0.15) is 25.3 Å². The van der Waals surface area contributed by atoms with Crippen LogP contribution in [0.2, 0.25) is 0 Å². The number of hydrogen-bond donors (Lipinski definition) is 0. The van der Waals surface area contributed by atoms with E-state index in [2.05, 4.69) is 6.92 Å². The molecule has 13 heavy (non-hydrogen) atoms. The lowest BCUT2D eigenvalue weighted by atomic mass is 10.0. The van der Waals surface area contributed by atoms with Crippen LogP contribution in [0.5, 0.6) is 5.75 Å². The Balaban J connectivity index is 2.26. The quantitative estimate of drug-likeness (QED) is 0.645. The van der Waals surface area contributed by atoms with Gasteiger partial charge in [-0.1, -0.05) is 6.92 Å². The minimum absolute atomic E-state index is 0.169. The summed E-state index contributed by atoms with van der Waals surface area (Å²) in [4.78, 5) is 0. The predicted octanol–water partition coefficient (Wildman–Crippen LogP) is 2.93. The van der Waals surface area contributed by atoms with Crippen molar-refractivity contribution in [3.05, 3.63) is 29.6 Å². The third kappa shape index (κ3) is 1.67. The molecule has 1 aromatic rings. The summed E-state index contributed by atoms with van der Waals surface area (Å²) in [6, 6.07) is 4.75. The van der Waals surface area contributed by atoms with Gasteiger partial charge in [-0.2, -0.15) is 0 Å². The zero-order valence-corrected chi connectivity index (χ0v) is 7.72. The molecule has 2 rings (SSSR count). The zero-order valence-electron chi connectivity index (χ0n) is 7.72. The summed E-state index contributed by atoms with van der Waals surface area (Å²) < 4.78 is 18.5. The third-order valence-corrected chi connectivity index (χ3v) is 2.51. The highest BCUT2D eigenvalue weighted by Crippen LogP contribution is 2.28. The van der Waals surface area contributed by atoms with Gasteiger partial charge in [0.05, 0.1) is 6.10 Å². The van der Waals surface area contributed by atoms with Crippen molar-refractivity contribution in [2.45, 2.75) is 32.3 Å². The molecular formula is C11H13FO. The molecular weight excluding hydrogens is 167 g/mol. The van der Waals surface area contributed by atoms with Gasteiger partial charge in [0.25, 0.3) is 0 Å². The Morgan fingerprint density at radius 3 is 3.15 bits per heavy atom. The molecule has 0 bridgehead atoms. The van der Waals surface area contributed by atoms with E-state index in [1.165, 1.54) is 6.07 Å². The third-order valence-electron chi connectivity index (χ3n) is 2.51. The van der Waals surface area contributed by atoms with E-state index in [1.807, 2.05) is 0 Å². The fraction of sp³-hybridized carbons (Fsp3) is 0.455. The molecule has 1 aliphatic rings. The van der Waals surface area contributed by atoms with Crippen LogP contribution >= 0.6 is 0 Å². The molecule has 0 spiro atoms. The molecule has 1 aliphatic heterocycles. The number of halogens is 1. The number of benzene rings is 1. The average Bonchev–Trinajstić information content (AvgIpc) is 2.17. The fourth-order valence-corrected chi connectivity index (χ4v) is 1.70. The number of rotatable bonds is 1. The molecule has 2 heteroatoms. The SMILES string of the molecule is CC[C@@H]1CCc2cc(F)ccc2O1. The van der Waals surface area contributed by atoms with Crippen LogP contribution in [0.25, 0.3) is 0 Å². The molecule has 0 N–H and O–H groups in total.